The summed E-state index contributed by atoms with van der Waals surface area (Å²) in [7, 11) is 1.47. The lowest BCUT2D eigenvalue weighted by Crippen LogP contribution is -2.17. The van der Waals surface area contributed by atoms with Crippen molar-refractivity contribution in [2.24, 2.45) is 5.10 Å². The van der Waals surface area contributed by atoms with E-state index in [0.29, 0.717) is 47.2 Å². The highest BCUT2D eigenvalue weighted by atomic mass is 16.6. The number of benzene rings is 4. The first-order chi connectivity index (χ1) is 19.6. The van der Waals surface area contributed by atoms with Crippen LogP contribution < -0.4 is 24.4 Å². The minimum atomic E-state index is -0.523. The van der Waals surface area contributed by atoms with Crippen molar-refractivity contribution in [3.05, 3.63) is 119 Å². The van der Waals surface area contributed by atoms with E-state index in [9.17, 15) is 9.59 Å². The van der Waals surface area contributed by atoms with Gasteiger partial charge in [-0.05, 0) is 84.3 Å². The highest BCUT2D eigenvalue weighted by Gasteiger charge is 2.13. The molecule has 0 saturated heterocycles. The van der Waals surface area contributed by atoms with Gasteiger partial charge in [0.2, 0.25) is 0 Å². The number of nitrogens with zero attached hydrogens (tertiary/aromatic N) is 1. The van der Waals surface area contributed by atoms with E-state index in [1.165, 1.54) is 13.3 Å². The molecule has 1 N–H and O–H groups in total. The summed E-state index contributed by atoms with van der Waals surface area (Å²) < 4.78 is 22.2. The first kappa shape index (κ1) is 27.9. The van der Waals surface area contributed by atoms with Crippen molar-refractivity contribution in [1.29, 1.82) is 0 Å². The number of hydrogen-bond donors (Lipinski definition) is 1. The second-order valence-electron chi connectivity index (χ2n) is 8.67. The van der Waals surface area contributed by atoms with Gasteiger partial charge in [-0.2, -0.15) is 5.10 Å². The third kappa shape index (κ3) is 7.94. The first-order valence-corrected chi connectivity index (χ1v) is 12.8. The van der Waals surface area contributed by atoms with E-state index < -0.39 is 5.97 Å². The second-order valence-corrected chi connectivity index (χ2v) is 8.67. The van der Waals surface area contributed by atoms with E-state index in [4.69, 9.17) is 18.9 Å². The number of hydrazone groups is 1. The number of methoxy groups -OCH3 is 1. The minimum Gasteiger partial charge on any atom is -0.494 e. The quantitative estimate of drug-likeness (QED) is 0.102. The van der Waals surface area contributed by atoms with Crippen molar-refractivity contribution in [3.63, 3.8) is 0 Å². The average molecular weight is 539 g/mol. The van der Waals surface area contributed by atoms with Crippen molar-refractivity contribution in [2.45, 2.75) is 20.0 Å². The maximum Gasteiger partial charge on any atom is 0.343 e. The zero-order chi connectivity index (χ0) is 28.2. The fraction of sp³-hybridized carbons (Fsp3) is 0.156. The van der Waals surface area contributed by atoms with Crippen LogP contribution in [-0.4, -0.2) is 31.8 Å². The molecule has 0 aliphatic heterocycles. The van der Waals surface area contributed by atoms with Crippen molar-refractivity contribution in [1.82, 2.24) is 5.43 Å². The largest absolute Gasteiger partial charge is 0.494 e. The monoisotopic (exact) mass is 538 g/mol. The Labute approximate surface area is 233 Å². The van der Waals surface area contributed by atoms with E-state index in [1.807, 2.05) is 37.3 Å². The Bertz CT molecular complexity index is 1430. The van der Waals surface area contributed by atoms with E-state index in [0.717, 1.165) is 12.0 Å². The second kappa shape index (κ2) is 14.2. The number of carbonyl (C=O) groups is 2. The fourth-order valence-corrected chi connectivity index (χ4v) is 3.59. The molecule has 0 atom stereocenters. The molecule has 40 heavy (non-hydrogen) atoms. The lowest BCUT2D eigenvalue weighted by Gasteiger charge is -2.10. The van der Waals surface area contributed by atoms with E-state index in [2.05, 4.69) is 10.5 Å². The molecule has 8 nitrogen and oxygen atoms in total. The van der Waals surface area contributed by atoms with Crippen LogP contribution in [0.1, 0.15) is 45.2 Å². The number of hydrogen-bond acceptors (Lipinski definition) is 7. The Kier molecular flexibility index (Phi) is 9.88. The zero-order valence-electron chi connectivity index (χ0n) is 22.3. The number of ether oxygens (including phenoxy) is 4. The molecule has 0 saturated carbocycles. The summed E-state index contributed by atoms with van der Waals surface area (Å²) in [6.07, 6.45) is 2.37. The maximum atomic E-state index is 12.6. The fourth-order valence-electron chi connectivity index (χ4n) is 3.59. The van der Waals surface area contributed by atoms with E-state index in [1.54, 1.807) is 66.7 Å². The lowest BCUT2D eigenvalue weighted by atomic mass is 10.2. The molecule has 4 aromatic carbocycles. The van der Waals surface area contributed by atoms with Gasteiger partial charge in [-0.1, -0.05) is 37.3 Å². The summed E-state index contributed by atoms with van der Waals surface area (Å²) in [6, 6.07) is 28.4. The number of esters is 1. The lowest BCUT2D eigenvalue weighted by molar-refractivity contribution is 0.0729. The Balaban J connectivity index is 1.30. The molecular formula is C32H30N2O6. The Hall–Kier alpha value is -5.11. The van der Waals surface area contributed by atoms with Gasteiger partial charge < -0.3 is 18.9 Å². The molecule has 0 spiro atoms. The third-order valence-corrected chi connectivity index (χ3v) is 5.70. The first-order valence-electron chi connectivity index (χ1n) is 12.8. The molecule has 0 heterocycles. The van der Waals surface area contributed by atoms with E-state index in [-0.39, 0.29) is 11.7 Å². The van der Waals surface area contributed by atoms with Crippen LogP contribution in [-0.2, 0) is 6.61 Å². The Morgan fingerprint density at radius 2 is 1.48 bits per heavy atom. The highest BCUT2D eigenvalue weighted by molar-refractivity contribution is 5.95. The predicted octanol–water partition coefficient (Wildman–Crippen LogP) is 6.05. The number of carbonyl (C=O) groups excluding carboxylic acids is 2. The summed E-state index contributed by atoms with van der Waals surface area (Å²) in [6.45, 7) is 3.08. The van der Waals surface area contributed by atoms with Gasteiger partial charge in [-0.3, -0.25) is 4.79 Å². The van der Waals surface area contributed by atoms with Crippen LogP contribution >= 0.6 is 0 Å². The van der Waals surface area contributed by atoms with E-state index >= 15 is 0 Å². The standard InChI is InChI=1S/C32H30N2O6/c1-3-19-38-27-16-12-26(13-17-27)32(36)40-29-18-9-24(20-30(29)37-2)21-33-34-31(35)25-10-14-28(15-11-25)39-22-23-7-5-4-6-8-23/h4-18,20-21H,3,19,22H2,1-2H3,(H,34,35)/b33-21-. The van der Waals surface area contributed by atoms with Gasteiger partial charge in [0.05, 0.1) is 25.5 Å². The third-order valence-electron chi connectivity index (χ3n) is 5.70. The molecule has 0 fully saturated rings. The van der Waals surface area contributed by atoms with Gasteiger partial charge in [0.15, 0.2) is 11.5 Å². The summed E-state index contributed by atoms with van der Waals surface area (Å²) in [5.74, 6) is 1.07. The van der Waals surface area contributed by atoms with Crippen LogP contribution in [0.25, 0.3) is 0 Å². The van der Waals surface area contributed by atoms with Crippen molar-refractivity contribution in [2.75, 3.05) is 13.7 Å². The molecule has 4 aromatic rings. The average Bonchev–Trinajstić information content (AvgIpc) is 3.00. The number of amides is 1. The van der Waals surface area contributed by atoms with Crippen LogP contribution in [0, 0.1) is 0 Å². The SMILES string of the molecule is CCCOc1ccc(C(=O)Oc2ccc(/C=N\NC(=O)c3ccc(OCc4ccccc4)cc3)cc2OC)cc1. The summed E-state index contributed by atoms with van der Waals surface area (Å²) in [4.78, 5) is 25.1. The molecule has 204 valence electrons. The molecule has 4 rings (SSSR count). The Morgan fingerprint density at radius 1 is 0.800 bits per heavy atom. The van der Waals surface area contributed by atoms with Gasteiger partial charge in [0, 0.05) is 5.56 Å². The Morgan fingerprint density at radius 3 is 2.15 bits per heavy atom. The normalized spacial score (nSPS) is 10.7. The van der Waals surface area contributed by atoms with Crippen LogP contribution in [0.4, 0.5) is 0 Å². The van der Waals surface area contributed by atoms with Crippen LogP contribution in [0.5, 0.6) is 23.0 Å². The summed E-state index contributed by atoms with van der Waals surface area (Å²) in [5.41, 5.74) is 5.02. The van der Waals surface area contributed by atoms with Crippen LogP contribution in [0.2, 0.25) is 0 Å². The molecule has 0 aliphatic carbocycles. The number of nitrogens with one attached hydrogen (secondary N) is 1. The van der Waals surface area contributed by atoms with Crippen molar-refractivity contribution < 1.29 is 28.5 Å². The molecule has 0 bridgehead atoms. The highest BCUT2D eigenvalue weighted by Crippen LogP contribution is 2.28. The summed E-state index contributed by atoms with van der Waals surface area (Å²) in [5, 5.41) is 4.03. The van der Waals surface area contributed by atoms with Gasteiger partial charge >= 0.3 is 5.97 Å². The molecule has 0 radical (unpaired) electrons. The predicted molar refractivity (Wildman–Crippen MR) is 152 cm³/mol. The molecule has 8 heteroatoms. The van der Waals surface area contributed by atoms with Gasteiger partial charge in [0.25, 0.3) is 5.91 Å². The minimum absolute atomic E-state index is 0.259. The summed E-state index contributed by atoms with van der Waals surface area (Å²) >= 11 is 0. The van der Waals surface area contributed by atoms with Gasteiger partial charge in [-0.15, -0.1) is 0 Å². The zero-order valence-corrected chi connectivity index (χ0v) is 22.3. The van der Waals surface area contributed by atoms with Crippen molar-refractivity contribution in [3.8, 4) is 23.0 Å². The molecular weight excluding hydrogens is 508 g/mol. The molecule has 1 amide bonds. The van der Waals surface area contributed by atoms with Crippen molar-refractivity contribution >= 4 is 18.1 Å². The number of rotatable bonds is 12. The topological polar surface area (TPSA) is 95.5 Å². The van der Waals surface area contributed by atoms with Crippen LogP contribution in [0.3, 0.4) is 0 Å². The molecule has 0 aromatic heterocycles. The van der Waals surface area contributed by atoms with Gasteiger partial charge in [-0.25, -0.2) is 10.2 Å². The van der Waals surface area contributed by atoms with Crippen LogP contribution in [0.15, 0.2) is 102 Å². The smallest absolute Gasteiger partial charge is 0.343 e. The van der Waals surface area contributed by atoms with Gasteiger partial charge in [0.1, 0.15) is 18.1 Å². The maximum absolute atomic E-state index is 12.6. The molecule has 0 aliphatic rings. The molecule has 0 unspecified atom stereocenters.